The molecule has 1 saturated heterocycles. The fraction of sp³-hybridized carbons (Fsp3) is 0.316. The monoisotopic (exact) mass is 373 g/mol. The molecule has 0 spiro atoms. The molecule has 0 unspecified atom stereocenters. The molecule has 136 valence electrons. The van der Waals surface area contributed by atoms with Gasteiger partial charge in [-0.05, 0) is 44.4 Å². The molecule has 1 N–H and O–H groups in total. The highest BCUT2D eigenvalue weighted by Gasteiger charge is 2.27. The molecule has 0 aromatic heterocycles. The van der Waals surface area contributed by atoms with E-state index in [0.717, 1.165) is 25.8 Å². The van der Waals surface area contributed by atoms with Crippen LogP contribution in [0.25, 0.3) is 0 Å². The van der Waals surface area contributed by atoms with Crippen LogP contribution in [-0.2, 0) is 0 Å². The molecule has 1 atom stereocenters. The fourth-order valence-electron chi connectivity index (χ4n) is 3.26. The summed E-state index contributed by atoms with van der Waals surface area (Å²) in [4.78, 5) is 25.5. The summed E-state index contributed by atoms with van der Waals surface area (Å²) in [5, 5.41) is 14.4. The Balaban J connectivity index is 1.97. The molecule has 6 nitrogen and oxygen atoms in total. The van der Waals surface area contributed by atoms with Gasteiger partial charge in [0, 0.05) is 24.2 Å². The van der Waals surface area contributed by atoms with E-state index in [0.29, 0.717) is 16.9 Å². The number of nitrogens with one attached hydrogen (secondary N) is 1. The molecule has 1 aliphatic heterocycles. The van der Waals surface area contributed by atoms with Crippen LogP contribution in [-0.4, -0.2) is 23.4 Å². The van der Waals surface area contributed by atoms with Crippen LogP contribution in [0.15, 0.2) is 42.5 Å². The van der Waals surface area contributed by atoms with Crippen molar-refractivity contribution in [3.05, 3.63) is 63.2 Å². The van der Waals surface area contributed by atoms with Crippen LogP contribution >= 0.6 is 11.6 Å². The predicted octanol–water partition coefficient (Wildman–Crippen LogP) is 4.88. The van der Waals surface area contributed by atoms with Crippen LogP contribution in [0.1, 0.15) is 36.5 Å². The van der Waals surface area contributed by atoms with Gasteiger partial charge in [0.1, 0.15) is 5.69 Å². The van der Waals surface area contributed by atoms with E-state index in [9.17, 15) is 14.9 Å². The number of nitrogens with zero attached hydrogens (tertiary/aromatic N) is 2. The molecule has 0 saturated carbocycles. The first-order valence-corrected chi connectivity index (χ1v) is 8.96. The first-order chi connectivity index (χ1) is 12.5. The maximum Gasteiger partial charge on any atom is 0.294 e. The van der Waals surface area contributed by atoms with Crippen molar-refractivity contribution in [2.24, 2.45) is 0 Å². The van der Waals surface area contributed by atoms with Crippen molar-refractivity contribution in [3.8, 4) is 0 Å². The van der Waals surface area contributed by atoms with E-state index in [-0.39, 0.29) is 22.7 Å². The molecule has 0 aliphatic carbocycles. The Hall–Kier alpha value is -2.60. The molecular formula is C19H20ClN3O3. The topological polar surface area (TPSA) is 75.5 Å². The predicted molar refractivity (Wildman–Crippen MR) is 103 cm³/mol. The lowest BCUT2D eigenvalue weighted by Gasteiger charge is -2.35. The van der Waals surface area contributed by atoms with Crippen LogP contribution in [0.2, 0.25) is 5.02 Å². The van der Waals surface area contributed by atoms with E-state index < -0.39 is 4.92 Å². The minimum atomic E-state index is -0.425. The second-order valence-corrected chi connectivity index (χ2v) is 6.84. The van der Waals surface area contributed by atoms with Gasteiger partial charge in [-0.1, -0.05) is 29.8 Å². The number of piperidine rings is 1. The lowest BCUT2D eigenvalue weighted by molar-refractivity contribution is -0.384. The van der Waals surface area contributed by atoms with Crippen LogP contribution in [0, 0.1) is 10.1 Å². The zero-order chi connectivity index (χ0) is 18.7. The van der Waals surface area contributed by atoms with Crippen molar-refractivity contribution in [3.63, 3.8) is 0 Å². The minimum Gasteiger partial charge on any atom is -0.363 e. The second-order valence-electron chi connectivity index (χ2n) is 6.44. The number of rotatable bonds is 4. The molecule has 2 aromatic rings. The maximum absolute atomic E-state index is 12.4. The van der Waals surface area contributed by atoms with Crippen molar-refractivity contribution in [1.29, 1.82) is 0 Å². The number of carbonyl (C=O) groups is 1. The average molecular weight is 374 g/mol. The maximum atomic E-state index is 12.4. The van der Waals surface area contributed by atoms with Gasteiger partial charge in [0.2, 0.25) is 0 Å². The molecule has 2 aromatic carbocycles. The van der Waals surface area contributed by atoms with Gasteiger partial charge in [-0.3, -0.25) is 14.9 Å². The van der Waals surface area contributed by atoms with Gasteiger partial charge < -0.3 is 10.2 Å². The van der Waals surface area contributed by atoms with Crippen molar-refractivity contribution in [1.82, 2.24) is 0 Å². The molecular weight excluding hydrogens is 354 g/mol. The number of halogens is 1. The molecule has 0 bridgehead atoms. The van der Waals surface area contributed by atoms with Gasteiger partial charge in [0.25, 0.3) is 11.6 Å². The number of hydrogen-bond donors (Lipinski definition) is 1. The summed E-state index contributed by atoms with van der Waals surface area (Å²) < 4.78 is 0. The van der Waals surface area contributed by atoms with Gasteiger partial charge in [-0.15, -0.1) is 0 Å². The zero-order valence-electron chi connectivity index (χ0n) is 14.4. The third-order valence-electron chi connectivity index (χ3n) is 4.66. The number of nitro benzene ring substituents is 1. The standard InChI is InChI=1S/C19H20ClN3O3/c1-13-7-5-6-10-22(13)17-12-16(15(20)11-18(17)23(25)26)21-19(24)14-8-3-2-4-9-14/h2-4,8-9,11-13H,5-7,10H2,1H3,(H,21,24)/t13-/m0/s1. The summed E-state index contributed by atoms with van der Waals surface area (Å²) in [5.74, 6) is -0.306. The third-order valence-corrected chi connectivity index (χ3v) is 4.97. The number of amides is 1. The summed E-state index contributed by atoms with van der Waals surface area (Å²) >= 11 is 6.21. The molecule has 1 amide bonds. The van der Waals surface area contributed by atoms with Gasteiger partial charge >= 0.3 is 0 Å². The molecule has 26 heavy (non-hydrogen) atoms. The minimum absolute atomic E-state index is 0.0403. The molecule has 1 heterocycles. The summed E-state index contributed by atoms with van der Waals surface area (Å²) in [6, 6.07) is 11.9. The summed E-state index contributed by atoms with van der Waals surface area (Å²) in [6.45, 7) is 2.80. The SMILES string of the molecule is C[C@H]1CCCCN1c1cc(NC(=O)c2ccccc2)c(Cl)cc1[N+](=O)[O-]. The van der Waals surface area contributed by atoms with E-state index in [2.05, 4.69) is 12.2 Å². The van der Waals surface area contributed by atoms with Gasteiger partial charge in [-0.2, -0.15) is 0 Å². The highest BCUT2D eigenvalue weighted by molar-refractivity contribution is 6.34. The quantitative estimate of drug-likeness (QED) is 0.612. The largest absolute Gasteiger partial charge is 0.363 e. The molecule has 0 radical (unpaired) electrons. The summed E-state index contributed by atoms with van der Waals surface area (Å²) in [6.07, 6.45) is 3.07. The Morgan fingerprint density at radius 2 is 2.00 bits per heavy atom. The zero-order valence-corrected chi connectivity index (χ0v) is 15.2. The normalized spacial score (nSPS) is 17.0. The number of hydrogen-bond acceptors (Lipinski definition) is 4. The van der Waals surface area contributed by atoms with Crippen LogP contribution in [0.3, 0.4) is 0 Å². The van der Waals surface area contributed by atoms with Crippen molar-refractivity contribution >= 4 is 34.6 Å². The Labute approximate surface area is 156 Å². The van der Waals surface area contributed by atoms with Crippen molar-refractivity contribution < 1.29 is 9.72 Å². The summed E-state index contributed by atoms with van der Waals surface area (Å²) in [7, 11) is 0. The number of benzene rings is 2. The van der Waals surface area contributed by atoms with Crippen LogP contribution in [0.4, 0.5) is 17.1 Å². The smallest absolute Gasteiger partial charge is 0.294 e. The van der Waals surface area contributed by atoms with Crippen molar-refractivity contribution in [2.45, 2.75) is 32.2 Å². The number of nitro groups is 1. The highest BCUT2D eigenvalue weighted by Crippen LogP contribution is 2.39. The number of anilines is 2. The average Bonchev–Trinajstić information content (AvgIpc) is 2.64. The van der Waals surface area contributed by atoms with E-state index >= 15 is 0 Å². The van der Waals surface area contributed by atoms with E-state index in [1.807, 2.05) is 11.0 Å². The Morgan fingerprint density at radius 1 is 1.27 bits per heavy atom. The first-order valence-electron chi connectivity index (χ1n) is 8.58. The third kappa shape index (κ3) is 3.80. The molecule has 1 aliphatic rings. The first kappa shape index (κ1) is 18.2. The highest BCUT2D eigenvalue weighted by atomic mass is 35.5. The van der Waals surface area contributed by atoms with E-state index in [4.69, 9.17) is 11.6 Å². The lowest BCUT2D eigenvalue weighted by Crippen LogP contribution is -2.37. The van der Waals surface area contributed by atoms with E-state index in [1.54, 1.807) is 30.3 Å². The Kier molecular flexibility index (Phi) is 5.42. The fourth-order valence-corrected chi connectivity index (χ4v) is 3.47. The Morgan fingerprint density at radius 3 is 2.65 bits per heavy atom. The van der Waals surface area contributed by atoms with Gasteiger partial charge in [0.15, 0.2) is 0 Å². The van der Waals surface area contributed by atoms with Crippen LogP contribution < -0.4 is 10.2 Å². The van der Waals surface area contributed by atoms with Crippen molar-refractivity contribution in [2.75, 3.05) is 16.8 Å². The second kappa shape index (κ2) is 7.74. The van der Waals surface area contributed by atoms with Crippen LogP contribution in [0.5, 0.6) is 0 Å². The van der Waals surface area contributed by atoms with E-state index in [1.165, 1.54) is 6.07 Å². The summed E-state index contributed by atoms with van der Waals surface area (Å²) in [5.41, 5.74) is 1.32. The van der Waals surface area contributed by atoms with Gasteiger partial charge in [-0.25, -0.2) is 0 Å². The number of carbonyl (C=O) groups excluding carboxylic acids is 1. The molecule has 7 heteroatoms. The Bertz CT molecular complexity index is 826. The molecule has 1 fully saturated rings. The lowest BCUT2D eigenvalue weighted by atomic mass is 10.0. The molecule has 3 rings (SSSR count). The van der Waals surface area contributed by atoms with Gasteiger partial charge in [0.05, 0.1) is 15.6 Å².